The lowest BCUT2D eigenvalue weighted by atomic mass is 9.83. The fourth-order valence-corrected chi connectivity index (χ4v) is 3.61. The Kier molecular flexibility index (Phi) is 6.54. The lowest BCUT2D eigenvalue weighted by molar-refractivity contribution is -0.119. The van der Waals surface area contributed by atoms with Crippen LogP contribution in [0.4, 0.5) is 4.39 Å². The number of hydroxylamine groups is 1. The Morgan fingerprint density at radius 2 is 2.26 bits per heavy atom. The third-order valence-electron chi connectivity index (χ3n) is 4.18. The molecule has 1 heterocycles. The highest BCUT2D eigenvalue weighted by atomic mass is 32.2. The third-order valence-corrected chi connectivity index (χ3v) is 5.22. The second-order valence-electron chi connectivity index (χ2n) is 6.03. The number of Topliss-reactive ketones (excluding diaryl/α,β-unsaturated/α-hetero) is 1. The molecule has 1 atom stereocenters. The number of benzene rings is 1. The molecule has 10 heteroatoms. The van der Waals surface area contributed by atoms with Gasteiger partial charge >= 0.3 is 0 Å². The Balaban J connectivity index is 1.63. The van der Waals surface area contributed by atoms with E-state index in [0.717, 1.165) is 11.1 Å². The summed E-state index contributed by atoms with van der Waals surface area (Å²) in [4.78, 5) is 15.8. The molecule has 0 spiro atoms. The second-order valence-corrected chi connectivity index (χ2v) is 7.12. The van der Waals surface area contributed by atoms with Crippen molar-refractivity contribution in [2.45, 2.75) is 36.8 Å². The molecule has 1 aromatic carbocycles. The Bertz CT molecular complexity index is 842. The van der Waals surface area contributed by atoms with Crippen molar-refractivity contribution in [1.29, 1.82) is 0 Å². The van der Waals surface area contributed by atoms with Gasteiger partial charge in [0.05, 0.1) is 6.04 Å². The molecule has 1 aromatic heterocycles. The number of hydrogen-bond donors (Lipinski definition) is 3. The number of ketones is 1. The van der Waals surface area contributed by atoms with Gasteiger partial charge in [0.15, 0.2) is 16.6 Å². The van der Waals surface area contributed by atoms with Crippen molar-refractivity contribution < 1.29 is 24.1 Å². The van der Waals surface area contributed by atoms with E-state index in [4.69, 9.17) is 9.74 Å². The van der Waals surface area contributed by atoms with Gasteiger partial charge in [-0.25, -0.2) is 9.02 Å². The maximum Gasteiger partial charge on any atom is 0.185 e. The van der Waals surface area contributed by atoms with Crippen LogP contribution in [0, 0.1) is 5.82 Å². The highest BCUT2D eigenvalue weighted by molar-refractivity contribution is 7.99. The number of aromatic nitrogens is 2. The molecule has 3 N–H and O–H groups in total. The molecule has 0 saturated heterocycles. The number of rotatable bonds is 9. The number of aliphatic imine (C=N–C) groups is 1. The monoisotopic (exact) mass is 394 g/mol. The molecule has 0 amide bonds. The summed E-state index contributed by atoms with van der Waals surface area (Å²) >= 11 is 1.32. The molecule has 0 fully saturated rings. The predicted molar refractivity (Wildman–Crippen MR) is 95.3 cm³/mol. The van der Waals surface area contributed by atoms with Crippen molar-refractivity contribution in [3.05, 3.63) is 40.8 Å². The van der Waals surface area contributed by atoms with E-state index >= 15 is 0 Å². The molecule has 27 heavy (non-hydrogen) atoms. The molecule has 144 valence electrons. The van der Waals surface area contributed by atoms with Crippen molar-refractivity contribution >= 4 is 23.4 Å². The van der Waals surface area contributed by atoms with Crippen molar-refractivity contribution in [3.8, 4) is 0 Å². The zero-order valence-electron chi connectivity index (χ0n) is 14.4. The van der Waals surface area contributed by atoms with Gasteiger partial charge < -0.3 is 5.11 Å². The number of aliphatic hydroxyl groups excluding tert-OH is 1. The van der Waals surface area contributed by atoms with Gasteiger partial charge in [0.25, 0.3) is 0 Å². The molecular weight excluding hydrogens is 375 g/mol. The number of hydrogen-bond acceptors (Lipinski definition) is 8. The van der Waals surface area contributed by atoms with Crippen LogP contribution in [0.3, 0.4) is 0 Å². The zero-order chi connectivity index (χ0) is 19.2. The number of nitrogens with one attached hydrogen (secondary N) is 1. The van der Waals surface area contributed by atoms with Crippen LogP contribution in [0.25, 0.3) is 0 Å². The van der Waals surface area contributed by atoms with Crippen LogP contribution in [-0.2, 0) is 11.2 Å². The number of halogens is 1. The Morgan fingerprint density at radius 1 is 1.41 bits per heavy atom. The lowest BCUT2D eigenvalue weighted by Crippen LogP contribution is -2.25. The smallest absolute Gasteiger partial charge is 0.185 e. The van der Waals surface area contributed by atoms with Crippen molar-refractivity contribution in [1.82, 2.24) is 15.8 Å². The van der Waals surface area contributed by atoms with Crippen LogP contribution < -0.4 is 5.48 Å². The minimum atomic E-state index is -0.331. The largest absolute Gasteiger partial charge is 0.396 e. The molecule has 0 bridgehead atoms. The van der Waals surface area contributed by atoms with Gasteiger partial charge in [-0.2, -0.15) is 0 Å². The minimum absolute atomic E-state index is 0.00626. The van der Waals surface area contributed by atoms with E-state index in [1.165, 1.54) is 23.9 Å². The molecule has 1 aliphatic carbocycles. The first-order valence-corrected chi connectivity index (χ1v) is 9.45. The first kappa shape index (κ1) is 19.5. The number of thioether (sulfide) groups is 1. The normalized spacial score (nSPS) is 16.0. The molecular formula is C17H19FN4O4S. The van der Waals surface area contributed by atoms with Crippen molar-refractivity contribution in [2.75, 3.05) is 12.4 Å². The number of nitrogens with zero attached hydrogens (tertiary/aromatic N) is 3. The van der Waals surface area contributed by atoms with Crippen LogP contribution in [-0.4, -0.2) is 44.6 Å². The van der Waals surface area contributed by atoms with Gasteiger partial charge in [-0.1, -0.05) is 6.07 Å². The van der Waals surface area contributed by atoms with Crippen LogP contribution in [0.15, 0.2) is 32.8 Å². The van der Waals surface area contributed by atoms with E-state index in [9.17, 15) is 14.4 Å². The van der Waals surface area contributed by atoms with E-state index in [1.54, 1.807) is 6.07 Å². The Morgan fingerprint density at radius 3 is 3.04 bits per heavy atom. The van der Waals surface area contributed by atoms with E-state index in [2.05, 4.69) is 15.3 Å². The van der Waals surface area contributed by atoms with Gasteiger partial charge in [-0.3, -0.25) is 20.5 Å². The Hall–Kier alpha value is -2.30. The summed E-state index contributed by atoms with van der Waals surface area (Å²) in [7, 11) is 0. The fourth-order valence-electron chi connectivity index (χ4n) is 2.77. The molecule has 8 nitrogen and oxygen atoms in total. The maximum atomic E-state index is 13.4. The number of aliphatic hydroxyl groups is 1. The van der Waals surface area contributed by atoms with Gasteiger partial charge in [0, 0.05) is 25.2 Å². The van der Waals surface area contributed by atoms with Crippen LogP contribution in [0.5, 0.6) is 0 Å². The van der Waals surface area contributed by atoms with Gasteiger partial charge in [-0.15, -0.1) is 11.8 Å². The summed E-state index contributed by atoms with van der Waals surface area (Å²) in [6, 6.07) is 4.28. The van der Waals surface area contributed by atoms with E-state index in [0.29, 0.717) is 30.0 Å². The van der Waals surface area contributed by atoms with Crippen molar-refractivity contribution in [3.63, 3.8) is 0 Å². The van der Waals surface area contributed by atoms with E-state index in [1.807, 2.05) is 5.48 Å². The topological polar surface area (TPSA) is 121 Å². The maximum absolute atomic E-state index is 13.4. The lowest BCUT2D eigenvalue weighted by Gasteiger charge is -2.27. The minimum Gasteiger partial charge on any atom is -0.396 e. The van der Waals surface area contributed by atoms with E-state index < -0.39 is 0 Å². The summed E-state index contributed by atoms with van der Waals surface area (Å²) in [6.45, 7) is -0.139. The highest BCUT2D eigenvalue weighted by Gasteiger charge is 2.28. The summed E-state index contributed by atoms with van der Waals surface area (Å²) in [6.07, 6.45) is 1.79. The average Bonchev–Trinajstić information content (AvgIpc) is 3.10. The van der Waals surface area contributed by atoms with Crippen LogP contribution in [0.1, 0.15) is 42.1 Å². The van der Waals surface area contributed by atoms with Gasteiger partial charge in [0.2, 0.25) is 0 Å². The zero-order valence-corrected chi connectivity index (χ0v) is 15.2. The summed E-state index contributed by atoms with van der Waals surface area (Å²) < 4.78 is 18.2. The first-order valence-electron chi connectivity index (χ1n) is 8.47. The van der Waals surface area contributed by atoms with Crippen LogP contribution in [0.2, 0.25) is 0 Å². The first-order chi connectivity index (χ1) is 13.1. The molecule has 0 saturated carbocycles. The predicted octanol–water partition coefficient (Wildman–Crippen LogP) is 2.06. The highest BCUT2D eigenvalue weighted by Crippen LogP contribution is 2.37. The molecule has 0 unspecified atom stereocenters. The average molecular weight is 394 g/mol. The standard InChI is InChI=1S/C17H19FN4O4S/c18-11-4-3-10-8-14(13(10)9-11)19-16(20-25)15-17(22-26-21-15)27-7-1-2-12(24)5-6-23/h3-4,9,14,23,25H,1-2,5-8H2,(H,19,20)/t14-/m0/s1. The molecule has 1 aliphatic rings. The molecule has 0 radical (unpaired) electrons. The SMILES string of the molecule is O=C(CCO)CCCSc1nonc1C(=N[C@H]1Cc2ccc(F)cc21)NO. The third kappa shape index (κ3) is 4.71. The molecule has 3 rings (SSSR count). The Labute approximate surface area is 158 Å². The quantitative estimate of drug-likeness (QED) is 0.194. The summed E-state index contributed by atoms with van der Waals surface area (Å²) in [5.41, 5.74) is 4.06. The summed E-state index contributed by atoms with van der Waals surface area (Å²) in [5.74, 6) is 0.359. The van der Waals surface area contributed by atoms with Gasteiger partial charge in [-0.05, 0) is 46.4 Å². The summed E-state index contributed by atoms with van der Waals surface area (Å²) in [5, 5.41) is 26.2. The number of amidine groups is 1. The number of carbonyl (C=O) groups is 1. The number of fused-ring (bicyclic) bond motifs is 1. The second kappa shape index (κ2) is 9.07. The van der Waals surface area contributed by atoms with E-state index in [-0.39, 0.29) is 42.2 Å². The van der Waals surface area contributed by atoms with Crippen molar-refractivity contribution in [2.24, 2.45) is 4.99 Å². The fraction of sp³-hybridized carbons (Fsp3) is 0.412. The molecule has 2 aromatic rings. The van der Waals surface area contributed by atoms with Crippen LogP contribution >= 0.6 is 11.8 Å². The van der Waals surface area contributed by atoms with Gasteiger partial charge in [0.1, 0.15) is 11.6 Å². The molecule has 0 aliphatic heterocycles. The number of carbonyl (C=O) groups excluding carboxylic acids is 1.